The average molecular weight is 359 g/mol. The third kappa shape index (κ3) is 4.57. The predicted octanol–water partition coefficient (Wildman–Crippen LogP) is 1.21. The number of nitrogens with two attached hydrogens (primary N) is 1. The van der Waals surface area contributed by atoms with Crippen molar-refractivity contribution >= 4 is 5.69 Å². The van der Waals surface area contributed by atoms with Gasteiger partial charge in [-0.15, -0.1) is 0 Å². The minimum atomic E-state index is -0.728. The Hall–Kier alpha value is -2.48. The van der Waals surface area contributed by atoms with Crippen LogP contribution in [0.3, 0.4) is 0 Å². The lowest BCUT2D eigenvalue weighted by atomic mass is 9.97. The van der Waals surface area contributed by atoms with E-state index in [0.717, 1.165) is 6.42 Å². The van der Waals surface area contributed by atoms with Gasteiger partial charge in [0.15, 0.2) is 5.75 Å². The monoisotopic (exact) mass is 359 g/mol. The zero-order chi connectivity index (χ0) is 18.4. The van der Waals surface area contributed by atoms with Gasteiger partial charge in [0.2, 0.25) is 0 Å². The first-order valence-electron chi connectivity index (χ1n) is 8.70. The molecule has 7 nitrogen and oxygen atoms in total. The highest BCUT2D eigenvalue weighted by Gasteiger charge is 2.22. The first-order valence-corrected chi connectivity index (χ1v) is 8.70. The number of ether oxygens (including phenoxy) is 2. The minimum absolute atomic E-state index is 0.00344. The van der Waals surface area contributed by atoms with Gasteiger partial charge in [-0.2, -0.15) is 0 Å². The van der Waals surface area contributed by atoms with Gasteiger partial charge >= 0.3 is 5.69 Å². The summed E-state index contributed by atoms with van der Waals surface area (Å²) in [5.41, 5.74) is 2.42. The third-order valence-corrected chi connectivity index (χ3v) is 4.41. The summed E-state index contributed by atoms with van der Waals surface area (Å²) in [5.74, 6) is 0.168. The van der Waals surface area contributed by atoms with Crippen molar-refractivity contribution in [2.75, 3.05) is 26.3 Å². The van der Waals surface area contributed by atoms with E-state index >= 15 is 0 Å². The van der Waals surface area contributed by atoms with Crippen molar-refractivity contribution in [2.45, 2.75) is 18.6 Å². The van der Waals surface area contributed by atoms with Gasteiger partial charge in [0.1, 0.15) is 31.9 Å². The van der Waals surface area contributed by atoms with Crippen molar-refractivity contribution in [3.05, 3.63) is 69.8 Å². The maximum Gasteiger partial charge on any atom is 0.310 e. The quantitative estimate of drug-likeness (QED) is 0.545. The maximum absolute atomic E-state index is 11.0. The van der Waals surface area contributed by atoms with Crippen LogP contribution in [0, 0.1) is 10.1 Å². The smallest absolute Gasteiger partial charge is 0.310 e. The average Bonchev–Trinajstić information content (AvgIpc) is 2.66. The summed E-state index contributed by atoms with van der Waals surface area (Å²) in [7, 11) is 0. The second-order valence-corrected chi connectivity index (χ2v) is 6.26. The molecule has 0 saturated carbocycles. The van der Waals surface area contributed by atoms with E-state index in [1.54, 1.807) is 12.1 Å². The summed E-state index contributed by atoms with van der Waals surface area (Å²) in [4.78, 5) is 10.5. The summed E-state index contributed by atoms with van der Waals surface area (Å²) in [5, 5.41) is 23.0. The third-order valence-electron chi connectivity index (χ3n) is 4.41. The number of hydrogen-bond acceptors (Lipinski definition) is 5. The second kappa shape index (κ2) is 8.75. The van der Waals surface area contributed by atoms with Crippen molar-refractivity contribution in [2.24, 2.45) is 0 Å². The van der Waals surface area contributed by atoms with Gasteiger partial charge in [-0.05, 0) is 23.6 Å². The van der Waals surface area contributed by atoms with E-state index in [4.69, 9.17) is 9.47 Å². The Balaban J connectivity index is 1.46. The standard InChI is InChI=1S/C19H22N2O5/c22-15(13-26-18-8-4-3-7-17(18)21(23)24)11-20-12-19-16-6-2-1-5-14(16)9-10-25-19/h1-8,15,19-20,22H,9-13H2/p+1/t15-,19+/m1/s1. The molecule has 1 heterocycles. The van der Waals surface area contributed by atoms with Crippen LogP contribution in [0.15, 0.2) is 48.5 Å². The molecule has 0 spiro atoms. The molecule has 0 fully saturated rings. The van der Waals surface area contributed by atoms with Gasteiger partial charge in [-0.1, -0.05) is 36.4 Å². The van der Waals surface area contributed by atoms with Crippen LogP contribution in [0.4, 0.5) is 5.69 Å². The SMILES string of the molecule is O=[N+]([O-])c1ccccc1OC[C@H](O)C[NH2+]C[C@@H]1OCCc2ccccc21. The summed E-state index contributed by atoms with van der Waals surface area (Å²) in [6, 6.07) is 14.4. The number of nitro groups is 1. The molecular formula is C19H23N2O5+. The Morgan fingerprint density at radius 2 is 2.04 bits per heavy atom. The fraction of sp³-hybridized carbons (Fsp3) is 0.368. The summed E-state index contributed by atoms with van der Waals surface area (Å²) in [6.45, 7) is 1.85. The molecule has 0 unspecified atom stereocenters. The first-order chi connectivity index (χ1) is 12.6. The van der Waals surface area contributed by atoms with E-state index in [1.807, 2.05) is 17.4 Å². The molecule has 2 aromatic carbocycles. The molecule has 26 heavy (non-hydrogen) atoms. The van der Waals surface area contributed by atoms with Crippen LogP contribution in [0.25, 0.3) is 0 Å². The molecule has 0 aromatic heterocycles. The van der Waals surface area contributed by atoms with E-state index in [-0.39, 0.29) is 24.1 Å². The maximum atomic E-state index is 11.0. The van der Waals surface area contributed by atoms with Crippen molar-refractivity contribution in [3.8, 4) is 5.75 Å². The highest BCUT2D eigenvalue weighted by atomic mass is 16.6. The van der Waals surface area contributed by atoms with Crippen LogP contribution >= 0.6 is 0 Å². The summed E-state index contributed by atoms with van der Waals surface area (Å²) >= 11 is 0. The number of fused-ring (bicyclic) bond motifs is 1. The Labute approximate surface area is 151 Å². The fourth-order valence-corrected chi connectivity index (χ4v) is 3.10. The topological polar surface area (TPSA) is 98.4 Å². The van der Waals surface area contributed by atoms with Crippen molar-refractivity contribution in [3.63, 3.8) is 0 Å². The molecule has 3 N–H and O–H groups in total. The molecule has 1 aliphatic rings. The highest BCUT2D eigenvalue weighted by Crippen LogP contribution is 2.26. The van der Waals surface area contributed by atoms with E-state index in [0.29, 0.717) is 19.7 Å². The number of hydrogen-bond donors (Lipinski definition) is 2. The lowest BCUT2D eigenvalue weighted by molar-refractivity contribution is -0.668. The van der Waals surface area contributed by atoms with Gasteiger partial charge in [0.25, 0.3) is 0 Å². The molecule has 138 valence electrons. The Bertz CT molecular complexity index is 752. The number of nitrogens with zero attached hydrogens (tertiary/aromatic N) is 1. The normalized spacial score (nSPS) is 17.3. The van der Waals surface area contributed by atoms with Crippen LogP contribution in [0.1, 0.15) is 17.2 Å². The molecule has 7 heteroatoms. The van der Waals surface area contributed by atoms with Crippen LogP contribution in [0.2, 0.25) is 0 Å². The predicted molar refractivity (Wildman–Crippen MR) is 95.1 cm³/mol. The molecule has 3 rings (SSSR count). The highest BCUT2D eigenvalue weighted by molar-refractivity contribution is 5.45. The van der Waals surface area contributed by atoms with Crippen LogP contribution in [-0.4, -0.2) is 42.4 Å². The fourth-order valence-electron chi connectivity index (χ4n) is 3.10. The van der Waals surface area contributed by atoms with Crippen molar-refractivity contribution < 1.29 is 24.8 Å². The lowest BCUT2D eigenvalue weighted by Gasteiger charge is -2.25. The van der Waals surface area contributed by atoms with Crippen molar-refractivity contribution in [1.82, 2.24) is 0 Å². The number of benzene rings is 2. The number of para-hydroxylation sites is 2. The molecular weight excluding hydrogens is 336 g/mol. The minimum Gasteiger partial charge on any atom is -0.484 e. The molecule has 1 aliphatic heterocycles. The van der Waals surface area contributed by atoms with Gasteiger partial charge in [0, 0.05) is 6.07 Å². The van der Waals surface area contributed by atoms with Crippen LogP contribution in [-0.2, 0) is 11.2 Å². The largest absolute Gasteiger partial charge is 0.484 e. The van der Waals surface area contributed by atoms with Gasteiger partial charge in [-0.25, -0.2) is 0 Å². The van der Waals surface area contributed by atoms with Gasteiger partial charge in [0.05, 0.1) is 11.5 Å². The van der Waals surface area contributed by atoms with Gasteiger partial charge < -0.3 is 19.9 Å². The lowest BCUT2D eigenvalue weighted by Crippen LogP contribution is -2.87. The van der Waals surface area contributed by atoms with Gasteiger partial charge in [-0.3, -0.25) is 10.1 Å². The molecule has 0 bridgehead atoms. The molecule has 2 aromatic rings. The zero-order valence-electron chi connectivity index (χ0n) is 14.4. The number of quaternary nitrogens is 1. The Morgan fingerprint density at radius 3 is 2.88 bits per heavy atom. The van der Waals surface area contributed by atoms with Crippen LogP contribution in [0.5, 0.6) is 5.75 Å². The molecule has 2 atom stereocenters. The summed E-state index contributed by atoms with van der Waals surface area (Å²) in [6.07, 6.45) is 0.218. The van der Waals surface area contributed by atoms with Crippen LogP contribution < -0.4 is 10.1 Å². The number of rotatable bonds is 8. The molecule has 0 radical (unpaired) electrons. The first kappa shape index (κ1) is 18.3. The van der Waals surface area contributed by atoms with Crippen molar-refractivity contribution in [1.29, 1.82) is 0 Å². The molecule has 0 amide bonds. The Morgan fingerprint density at radius 1 is 1.27 bits per heavy atom. The van der Waals surface area contributed by atoms with E-state index < -0.39 is 11.0 Å². The summed E-state index contributed by atoms with van der Waals surface area (Å²) < 4.78 is 11.3. The van der Waals surface area contributed by atoms with E-state index in [2.05, 4.69) is 12.1 Å². The van der Waals surface area contributed by atoms with E-state index in [1.165, 1.54) is 23.3 Å². The Kier molecular flexibility index (Phi) is 6.17. The molecule has 0 aliphatic carbocycles. The molecule has 0 saturated heterocycles. The second-order valence-electron chi connectivity index (χ2n) is 6.26. The zero-order valence-corrected chi connectivity index (χ0v) is 14.4. The number of aliphatic hydroxyl groups is 1. The van der Waals surface area contributed by atoms with E-state index in [9.17, 15) is 15.2 Å². The number of nitro benzene ring substituents is 1. The number of aliphatic hydroxyl groups excluding tert-OH is 1.